The number of unbranched alkanes of at least 4 members (excludes halogenated alkanes) is 2. The second-order valence-electron chi connectivity index (χ2n) is 9.46. The zero-order chi connectivity index (χ0) is 27.6. The van der Waals surface area contributed by atoms with Gasteiger partial charge in [0.05, 0.1) is 0 Å². The van der Waals surface area contributed by atoms with Gasteiger partial charge in [-0.2, -0.15) is 31.9 Å². The maximum atomic E-state index is 3.60. The second kappa shape index (κ2) is 20.7. The molecule has 0 spiro atoms. The van der Waals surface area contributed by atoms with Gasteiger partial charge < -0.3 is 13.3 Å². The van der Waals surface area contributed by atoms with Crippen LogP contribution >= 0.6 is 0 Å². The number of fused-ring (bicyclic) bond motifs is 2. The van der Waals surface area contributed by atoms with Crippen LogP contribution in [0, 0.1) is 13.3 Å². The van der Waals surface area contributed by atoms with E-state index in [1.807, 2.05) is 9.85 Å². The Balaban J connectivity index is 0.000000271. The Bertz CT molecular complexity index is 1170. The zero-order valence-corrected chi connectivity index (χ0v) is 29.6. The first-order valence-corrected chi connectivity index (χ1v) is 14.9. The molecular weight excluding hydrogens is 651 g/mol. The van der Waals surface area contributed by atoms with Crippen molar-refractivity contribution in [3.63, 3.8) is 0 Å². The number of hydrogen-bond donors (Lipinski definition) is 0. The molecule has 0 radical (unpaired) electrons. The molecule has 0 saturated heterocycles. The minimum atomic E-state index is 0. The Kier molecular flexibility index (Phi) is 18.5. The zero-order valence-electron chi connectivity index (χ0n) is 24.5. The molecule has 0 amide bonds. The van der Waals surface area contributed by atoms with Crippen LogP contribution in [0.15, 0.2) is 103 Å². The van der Waals surface area contributed by atoms with Crippen molar-refractivity contribution in [3.05, 3.63) is 133 Å². The predicted octanol–water partition coefficient (Wildman–Crippen LogP) is 9.70. The van der Waals surface area contributed by atoms with Crippen LogP contribution in [0.2, 0.25) is 0 Å². The van der Waals surface area contributed by atoms with Crippen LogP contribution in [-0.4, -0.2) is 15.0 Å². The summed E-state index contributed by atoms with van der Waals surface area (Å²) in [5.41, 5.74) is 4.26. The molecule has 0 nitrogen and oxygen atoms in total. The van der Waals surface area contributed by atoms with Crippen molar-refractivity contribution < 1.29 is 25.8 Å². The maximum Gasteiger partial charge on any atom is 4.00 e. The molecule has 0 unspecified atom stereocenters. The Morgan fingerprint density at radius 1 is 0.744 bits per heavy atom. The summed E-state index contributed by atoms with van der Waals surface area (Å²) in [6.45, 7) is 12.2. The standard InChI is InChI=1S/C11H15Si.2C11H11.C4H9.Hf/c1-2-3-9-11(12)10-7-5-4-6-8-10;2*1-2-9-7-10-5-3-4-6-11(10)8-9;1-3-4-2;/h2,4-8H,3,9,12H2,1H3;2*3-8H,2H2,1H3;1,3-4H2,2H3;/q4*-1;+4. The molecule has 0 aliphatic carbocycles. The minimum absolute atomic E-state index is 0. The summed E-state index contributed by atoms with van der Waals surface area (Å²) in [5.74, 6) is 0. The molecule has 202 valence electrons. The molecule has 0 heterocycles. The Morgan fingerprint density at radius 2 is 1.18 bits per heavy atom. The van der Waals surface area contributed by atoms with Crippen molar-refractivity contribution in [1.29, 1.82) is 0 Å². The van der Waals surface area contributed by atoms with Crippen LogP contribution in [0.5, 0.6) is 0 Å². The molecule has 0 saturated carbocycles. The average Bonchev–Trinajstić information content (AvgIpc) is 3.61. The molecular formula is C37H46HfSi. The number of hydrogen-bond acceptors (Lipinski definition) is 0. The first-order chi connectivity index (χ1) is 18.6. The summed E-state index contributed by atoms with van der Waals surface area (Å²) in [7, 11) is 2.00. The number of rotatable bonds is 7. The van der Waals surface area contributed by atoms with Crippen LogP contribution in [-0.2, 0) is 38.7 Å². The van der Waals surface area contributed by atoms with Gasteiger partial charge in [0.15, 0.2) is 0 Å². The Labute approximate surface area is 260 Å². The molecule has 5 aromatic carbocycles. The van der Waals surface area contributed by atoms with E-state index in [1.54, 1.807) is 0 Å². The summed E-state index contributed by atoms with van der Waals surface area (Å²) < 4.78 is 0. The van der Waals surface area contributed by atoms with Crippen molar-refractivity contribution in [2.45, 2.75) is 66.2 Å². The van der Waals surface area contributed by atoms with E-state index in [9.17, 15) is 0 Å². The van der Waals surface area contributed by atoms with E-state index in [4.69, 9.17) is 0 Å². The molecule has 0 aromatic heterocycles. The molecule has 2 heteroatoms. The van der Waals surface area contributed by atoms with E-state index in [0.717, 1.165) is 19.3 Å². The van der Waals surface area contributed by atoms with Gasteiger partial charge in [0.1, 0.15) is 0 Å². The van der Waals surface area contributed by atoms with E-state index in [0.29, 0.717) is 0 Å². The van der Waals surface area contributed by atoms with E-state index in [1.165, 1.54) is 62.7 Å². The van der Waals surface area contributed by atoms with Gasteiger partial charge in [-0.25, -0.2) is 0 Å². The van der Waals surface area contributed by atoms with Crippen molar-refractivity contribution in [3.8, 4) is 0 Å². The summed E-state index contributed by atoms with van der Waals surface area (Å²) in [6, 6.07) is 36.6. The second-order valence-corrected chi connectivity index (χ2v) is 10.3. The smallest absolute Gasteiger partial charge is 0.343 e. The van der Waals surface area contributed by atoms with Gasteiger partial charge in [-0.15, -0.1) is 81.2 Å². The van der Waals surface area contributed by atoms with Crippen molar-refractivity contribution in [1.82, 2.24) is 0 Å². The van der Waals surface area contributed by atoms with Crippen LogP contribution < -0.4 is 0 Å². The maximum absolute atomic E-state index is 3.60. The molecule has 0 bridgehead atoms. The molecule has 5 rings (SSSR count). The average molecular weight is 697 g/mol. The van der Waals surface area contributed by atoms with Crippen LogP contribution in [0.3, 0.4) is 0 Å². The van der Waals surface area contributed by atoms with Crippen LogP contribution in [0.4, 0.5) is 0 Å². The van der Waals surface area contributed by atoms with Crippen LogP contribution in [0.25, 0.3) is 21.5 Å². The fourth-order valence-corrected chi connectivity index (χ4v) is 4.41. The van der Waals surface area contributed by atoms with Crippen LogP contribution in [0.1, 0.15) is 70.1 Å². The fraction of sp³-hybridized carbons (Fsp3) is 0.270. The molecule has 0 fully saturated rings. The topological polar surface area (TPSA) is 0 Å². The van der Waals surface area contributed by atoms with E-state index in [2.05, 4.69) is 144 Å². The summed E-state index contributed by atoms with van der Waals surface area (Å²) in [6.07, 6.45) is 9.15. The molecule has 0 atom stereocenters. The van der Waals surface area contributed by atoms with Crippen molar-refractivity contribution >= 4 is 36.6 Å². The number of aryl methyl sites for hydroxylation is 2. The summed E-state index contributed by atoms with van der Waals surface area (Å²) >= 11 is 0. The van der Waals surface area contributed by atoms with Gasteiger partial charge in [0.25, 0.3) is 0 Å². The monoisotopic (exact) mass is 698 g/mol. The third-order valence-corrected chi connectivity index (χ3v) is 7.20. The first-order valence-electron chi connectivity index (χ1n) is 14.1. The molecule has 5 aromatic rings. The molecule has 0 aliphatic rings. The summed E-state index contributed by atoms with van der Waals surface area (Å²) in [4.78, 5) is 0. The predicted molar refractivity (Wildman–Crippen MR) is 176 cm³/mol. The van der Waals surface area contributed by atoms with E-state index >= 15 is 0 Å². The van der Waals surface area contributed by atoms with Gasteiger partial charge in [0, 0.05) is 0 Å². The Hall–Kier alpha value is -2.16. The molecule has 0 N–H and O–H groups in total. The van der Waals surface area contributed by atoms with Gasteiger partial charge >= 0.3 is 25.8 Å². The van der Waals surface area contributed by atoms with Crippen molar-refractivity contribution in [2.75, 3.05) is 0 Å². The largest absolute Gasteiger partial charge is 4.00 e. The van der Waals surface area contributed by atoms with Gasteiger partial charge in [-0.05, 0) is 28.3 Å². The quantitative estimate of drug-likeness (QED) is 0.117. The SMILES string of the molecule is CCc1cc2ccccc2[cH-]1.CCc1cc2ccccc2[cH-]1.C[CH-]CCC(=[SiH2])c1ccccc1.[CH2-]CCC.[Hf+4]. The first kappa shape index (κ1) is 34.9. The number of benzene rings is 3. The Morgan fingerprint density at radius 3 is 1.56 bits per heavy atom. The third kappa shape index (κ3) is 12.7. The van der Waals surface area contributed by atoms with Gasteiger partial charge in [-0.3, -0.25) is 0 Å². The minimum Gasteiger partial charge on any atom is -0.343 e. The van der Waals surface area contributed by atoms with Gasteiger partial charge in [0.2, 0.25) is 0 Å². The summed E-state index contributed by atoms with van der Waals surface area (Å²) in [5, 5.41) is 6.97. The normalized spacial score (nSPS) is 9.77. The van der Waals surface area contributed by atoms with E-state index < -0.39 is 0 Å². The molecule has 39 heavy (non-hydrogen) atoms. The fourth-order valence-electron chi connectivity index (χ4n) is 3.97. The third-order valence-electron chi connectivity index (χ3n) is 6.44. The molecule has 0 aliphatic heterocycles. The van der Waals surface area contributed by atoms with Crippen molar-refractivity contribution in [2.24, 2.45) is 0 Å². The van der Waals surface area contributed by atoms with E-state index in [-0.39, 0.29) is 25.8 Å². The van der Waals surface area contributed by atoms with Gasteiger partial charge in [-0.1, -0.05) is 81.2 Å².